The third-order valence-corrected chi connectivity index (χ3v) is 3.68. The summed E-state index contributed by atoms with van der Waals surface area (Å²) < 4.78 is 6.04. The first kappa shape index (κ1) is 15.1. The van der Waals surface area contributed by atoms with Crippen LogP contribution in [0.25, 0.3) is 0 Å². The molecule has 1 aromatic rings. The average molecular weight is 272 g/mol. The first-order valence-corrected chi connectivity index (χ1v) is 7.69. The Bertz CT molecular complexity index is 448. The molecule has 0 spiro atoms. The van der Waals surface area contributed by atoms with Crippen LogP contribution < -0.4 is 0 Å². The number of benzene rings is 1. The summed E-state index contributed by atoms with van der Waals surface area (Å²) in [4.78, 5) is 0. The highest BCUT2D eigenvalue weighted by Crippen LogP contribution is 2.21. The summed E-state index contributed by atoms with van der Waals surface area (Å²) in [5.74, 6) is 6.02. The summed E-state index contributed by atoms with van der Waals surface area (Å²) >= 11 is 0. The van der Waals surface area contributed by atoms with E-state index in [4.69, 9.17) is 9.84 Å². The molecule has 0 aliphatic heterocycles. The second kappa shape index (κ2) is 8.79. The minimum Gasteiger partial charge on any atom is -0.395 e. The quantitative estimate of drug-likeness (QED) is 0.669. The molecule has 1 saturated carbocycles. The van der Waals surface area contributed by atoms with Crippen LogP contribution in [-0.2, 0) is 11.3 Å². The Hall–Kier alpha value is -1.30. The maximum absolute atomic E-state index is 8.73. The molecule has 1 aromatic carbocycles. The number of ether oxygens (including phenoxy) is 1. The molecule has 0 atom stereocenters. The Kier molecular flexibility index (Phi) is 6.63. The predicted octanol–water partition coefficient (Wildman–Crippen LogP) is 3.66. The van der Waals surface area contributed by atoms with Crippen LogP contribution in [0.5, 0.6) is 0 Å². The Morgan fingerprint density at radius 1 is 1.15 bits per heavy atom. The summed E-state index contributed by atoms with van der Waals surface area (Å²) in [6.07, 6.45) is 8.69. The van der Waals surface area contributed by atoms with Crippen LogP contribution in [0, 0.1) is 11.8 Å². The van der Waals surface area contributed by atoms with Gasteiger partial charge >= 0.3 is 0 Å². The van der Waals surface area contributed by atoms with Gasteiger partial charge in [0.15, 0.2) is 0 Å². The Morgan fingerprint density at radius 2 is 1.95 bits per heavy atom. The molecular formula is C18H24O2. The highest BCUT2D eigenvalue weighted by molar-refractivity contribution is 5.36. The fourth-order valence-electron chi connectivity index (χ4n) is 2.58. The van der Waals surface area contributed by atoms with Crippen LogP contribution >= 0.6 is 0 Å². The third-order valence-electron chi connectivity index (χ3n) is 3.68. The van der Waals surface area contributed by atoms with Gasteiger partial charge < -0.3 is 9.84 Å². The van der Waals surface area contributed by atoms with Gasteiger partial charge in [-0.15, -0.1) is 0 Å². The summed E-state index contributed by atoms with van der Waals surface area (Å²) in [7, 11) is 0. The third kappa shape index (κ3) is 5.36. The number of aliphatic hydroxyl groups excluding tert-OH is 1. The van der Waals surface area contributed by atoms with Gasteiger partial charge in [-0.2, -0.15) is 0 Å². The number of hydrogen-bond acceptors (Lipinski definition) is 2. The lowest BCUT2D eigenvalue weighted by Gasteiger charge is -2.15. The summed E-state index contributed by atoms with van der Waals surface area (Å²) in [6, 6.07) is 8.20. The van der Waals surface area contributed by atoms with Crippen LogP contribution in [-0.4, -0.2) is 17.8 Å². The van der Waals surface area contributed by atoms with Gasteiger partial charge in [-0.1, -0.05) is 49.7 Å². The van der Waals surface area contributed by atoms with Crippen molar-refractivity contribution in [2.45, 2.75) is 57.7 Å². The van der Waals surface area contributed by atoms with Crippen molar-refractivity contribution >= 4 is 0 Å². The maximum atomic E-state index is 8.73. The van der Waals surface area contributed by atoms with Gasteiger partial charge in [0.05, 0.1) is 19.3 Å². The van der Waals surface area contributed by atoms with E-state index in [9.17, 15) is 0 Å². The molecule has 108 valence electrons. The van der Waals surface area contributed by atoms with Crippen molar-refractivity contribution in [1.82, 2.24) is 0 Å². The largest absolute Gasteiger partial charge is 0.395 e. The molecule has 2 rings (SSSR count). The van der Waals surface area contributed by atoms with E-state index in [2.05, 4.69) is 24.0 Å². The second-order valence-electron chi connectivity index (χ2n) is 5.40. The number of hydrogen-bond donors (Lipinski definition) is 1. The van der Waals surface area contributed by atoms with E-state index in [0.717, 1.165) is 5.56 Å². The normalized spacial score (nSPS) is 16.2. The Morgan fingerprint density at radius 3 is 2.70 bits per heavy atom. The van der Waals surface area contributed by atoms with Crippen molar-refractivity contribution in [3.8, 4) is 11.8 Å². The Balaban J connectivity index is 1.86. The highest BCUT2D eigenvalue weighted by Gasteiger charge is 2.12. The molecule has 1 aliphatic carbocycles. The van der Waals surface area contributed by atoms with Crippen molar-refractivity contribution in [3.63, 3.8) is 0 Å². The van der Waals surface area contributed by atoms with Gasteiger partial charge in [0, 0.05) is 12.0 Å². The molecule has 2 heteroatoms. The van der Waals surface area contributed by atoms with Gasteiger partial charge in [0.1, 0.15) is 0 Å². The minimum atomic E-state index is 0.123. The van der Waals surface area contributed by atoms with Gasteiger partial charge in [-0.25, -0.2) is 0 Å². The van der Waals surface area contributed by atoms with E-state index < -0.39 is 0 Å². The molecule has 0 radical (unpaired) electrons. The van der Waals surface area contributed by atoms with E-state index in [1.54, 1.807) is 0 Å². The van der Waals surface area contributed by atoms with E-state index in [0.29, 0.717) is 19.1 Å². The number of rotatable bonds is 4. The first-order valence-electron chi connectivity index (χ1n) is 7.69. The lowest BCUT2D eigenvalue weighted by atomic mass is 10.1. The highest BCUT2D eigenvalue weighted by atomic mass is 16.5. The fraction of sp³-hybridized carbons (Fsp3) is 0.556. The van der Waals surface area contributed by atoms with Gasteiger partial charge in [0.25, 0.3) is 0 Å². The molecular weight excluding hydrogens is 248 g/mol. The van der Waals surface area contributed by atoms with E-state index in [1.807, 2.05) is 12.1 Å². The standard InChI is InChI=1S/C18H24O2/c19-13-6-5-8-16-9-7-10-17(14-16)15-20-18-11-3-1-2-4-12-18/h7,9-10,14,18-19H,1-4,6,11-13,15H2. The molecule has 0 saturated heterocycles. The van der Waals surface area contributed by atoms with Gasteiger partial charge in [-0.05, 0) is 30.5 Å². The zero-order valence-electron chi connectivity index (χ0n) is 12.1. The van der Waals surface area contributed by atoms with Crippen molar-refractivity contribution in [2.24, 2.45) is 0 Å². The molecule has 1 N–H and O–H groups in total. The van der Waals surface area contributed by atoms with Crippen LogP contribution in [0.15, 0.2) is 24.3 Å². The molecule has 0 aromatic heterocycles. The van der Waals surface area contributed by atoms with E-state index >= 15 is 0 Å². The fourth-order valence-corrected chi connectivity index (χ4v) is 2.58. The molecule has 2 nitrogen and oxygen atoms in total. The zero-order valence-corrected chi connectivity index (χ0v) is 12.1. The maximum Gasteiger partial charge on any atom is 0.0721 e. The van der Waals surface area contributed by atoms with Crippen LogP contribution in [0.3, 0.4) is 0 Å². The summed E-state index contributed by atoms with van der Waals surface area (Å²) in [5.41, 5.74) is 2.19. The van der Waals surface area contributed by atoms with Gasteiger partial charge in [0.2, 0.25) is 0 Å². The Labute approximate surface area is 122 Å². The molecule has 0 heterocycles. The van der Waals surface area contributed by atoms with Gasteiger partial charge in [-0.3, -0.25) is 0 Å². The molecule has 0 unspecified atom stereocenters. The first-order chi connectivity index (χ1) is 9.88. The molecule has 0 amide bonds. The lowest BCUT2D eigenvalue weighted by Crippen LogP contribution is -2.11. The smallest absolute Gasteiger partial charge is 0.0721 e. The van der Waals surface area contributed by atoms with Crippen molar-refractivity contribution < 1.29 is 9.84 Å². The molecule has 1 aliphatic rings. The van der Waals surface area contributed by atoms with E-state index in [-0.39, 0.29) is 6.61 Å². The van der Waals surface area contributed by atoms with Crippen LogP contribution in [0.4, 0.5) is 0 Å². The average Bonchev–Trinajstić information content (AvgIpc) is 2.75. The van der Waals surface area contributed by atoms with Crippen molar-refractivity contribution in [2.75, 3.05) is 6.61 Å². The molecule has 20 heavy (non-hydrogen) atoms. The SMILES string of the molecule is OCCC#Cc1cccc(COC2CCCCCC2)c1. The molecule has 0 bridgehead atoms. The predicted molar refractivity (Wildman–Crippen MR) is 81.3 cm³/mol. The summed E-state index contributed by atoms with van der Waals surface area (Å²) in [5, 5.41) is 8.73. The lowest BCUT2D eigenvalue weighted by molar-refractivity contribution is 0.0310. The topological polar surface area (TPSA) is 29.5 Å². The number of aliphatic hydroxyl groups is 1. The van der Waals surface area contributed by atoms with Crippen LogP contribution in [0.1, 0.15) is 56.1 Å². The van der Waals surface area contributed by atoms with Crippen LogP contribution in [0.2, 0.25) is 0 Å². The monoisotopic (exact) mass is 272 g/mol. The van der Waals surface area contributed by atoms with Crippen molar-refractivity contribution in [1.29, 1.82) is 0 Å². The van der Waals surface area contributed by atoms with E-state index in [1.165, 1.54) is 44.1 Å². The zero-order chi connectivity index (χ0) is 14.0. The molecule has 1 fully saturated rings. The summed E-state index contributed by atoms with van der Waals surface area (Å²) in [6.45, 7) is 0.803. The van der Waals surface area contributed by atoms with Crippen molar-refractivity contribution in [3.05, 3.63) is 35.4 Å². The minimum absolute atomic E-state index is 0.123. The second-order valence-corrected chi connectivity index (χ2v) is 5.40.